The molecule has 1 rings (SSSR count). The molecule has 0 bridgehead atoms. The number of hydrogen-bond acceptors (Lipinski definition) is 5. The molecule has 0 aliphatic rings. The minimum absolute atomic E-state index is 0.116. The van der Waals surface area contributed by atoms with Crippen LogP contribution in [0.3, 0.4) is 0 Å². The van der Waals surface area contributed by atoms with Crippen molar-refractivity contribution >= 4 is 29.0 Å². The van der Waals surface area contributed by atoms with Crippen LogP contribution in [0.5, 0.6) is 0 Å². The molecule has 2 amide bonds. The number of thiophene rings is 1. The minimum atomic E-state index is -0.475. The van der Waals surface area contributed by atoms with Gasteiger partial charge in [0, 0.05) is 17.9 Å². The monoisotopic (exact) mass is 272 g/mol. The number of carbonyl (C=O) groups is 2. The second-order valence-corrected chi connectivity index (χ2v) is 4.39. The van der Waals surface area contributed by atoms with E-state index in [1.165, 1.54) is 18.4 Å². The molecule has 0 saturated heterocycles. The lowest BCUT2D eigenvalue weighted by molar-refractivity contribution is 0.0602. The molecule has 1 aromatic rings. The first-order valence-electron chi connectivity index (χ1n) is 5.29. The first-order chi connectivity index (χ1) is 8.58. The maximum absolute atomic E-state index is 11.6. The Morgan fingerprint density at radius 3 is 2.72 bits per heavy atom. The van der Waals surface area contributed by atoms with Crippen molar-refractivity contribution in [3.63, 3.8) is 0 Å². The second kappa shape index (κ2) is 6.97. The fourth-order valence-electron chi connectivity index (χ4n) is 1.34. The molecular weight excluding hydrogens is 256 g/mol. The molecule has 18 heavy (non-hydrogen) atoms. The maximum Gasteiger partial charge on any atom is 0.340 e. The zero-order chi connectivity index (χ0) is 13.5. The van der Waals surface area contributed by atoms with E-state index in [4.69, 9.17) is 4.74 Å². The van der Waals surface area contributed by atoms with Crippen molar-refractivity contribution in [3.05, 3.63) is 16.3 Å². The van der Waals surface area contributed by atoms with Crippen LogP contribution in [0, 0.1) is 0 Å². The van der Waals surface area contributed by atoms with Crippen LogP contribution in [0.1, 0.15) is 17.3 Å². The standard InChI is InChI=1S/C11H16N2O4S/c1-7(4-16-2)12-11(15)13-9-6-18-5-8(9)10(14)17-3/h5-7H,4H2,1-3H3,(H2,12,13,15)/t7-/m1/s1. The molecule has 7 heteroatoms. The predicted molar refractivity (Wildman–Crippen MR) is 69.2 cm³/mol. The Morgan fingerprint density at radius 1 is 1.39 bits per heavy atom. The first kappa shape index (κ1) is 14.5. The van der Waals surface area contributed by atoms with E-state index in [1.54, 1.807) is 17.9 Å². The van der Waals surface area contributed by atoms with Crippen molar-refractivity contribution in [2.75, 3.05) is 26.1 Å². The molecule has 1 aromatic heterocycles. The van der Waals surface area contributed by atoms with Crippen LogP contribution in [0.2, 0.25) is 0 Å². The molecule has 1 atom stereocenters. The highest BCUT2D eigenvalue weighted by Crippen LogP contribution is 2.21. The summed E-state index contributed by atoms with van der Waals surface area (Å²) in [7, 11) is 2.86. The predicted octanol–water partition coefficient (Wildman–Crippen LogP) is 1.69. The van der Waals surface area contributed by atoms with E-state index in [9.17, 15) is 9.59 Å². The molecule has 0 aliphatic carbocycles. The van der Waals surface area contributed by atoms with E-state index in [0.717, 1.165) is 0 Å². The third-order valence-electron chi connectivity index (χ3n) is 2.11. The molecule has 0 saturated carbocycles. The summed E-state index contributed by atoms with van der Waals surface area (Å²) in [6.07, 6.45) is 0. The first-order valence-corrected chi connectivity index (χ1v) is 6.23. The number of hydrogen-bond donors (Lipinski definition) is 2. The second-order valence-electron chi connectivity index (χ2n) is 3.65. The summed E-state index contributed by atoms with van der Waals surface area (Å²) in [5, 5.41) is 8.58. The van der Waals surface area contributed by atoms with Gasteiger partial charge in [-0.05, 0) is 6.92 Å². The van der Waals surface area contributed by atoms with Crippen LogP contribution in [-0.2, 0) is 9.47 Å². The highest BCUT2D eigenvalue weighted by Gasteiger charge is 2.15. The van der Waals surface area contributed by atoms with Gasteiger partial charge in [0.2, 0.25) is 0 Å². The highest BCUT2D eigenvalue weighted by atomic mass is 32.1. The van der Waals surface area contributed by atoms with Gasteiger partial charge in [-0.15, -0.1) is 11.3 Å². The Bertz CT molecular complexity index is 419. The number of rotatable bonds is 5. The van der Waals surface area contributed by atoms with Crippen LogP contribution >= 0.6 is 11.3 Å². The van der Waals surface area contributed by atoms with Gasteiger partial charge in [0.1, 0.15) is 0 Å². The fraction of sp³-hybridized carbons (Fsp3) is 0.455. The maximum atomic E-state index is 11.6. The Hall–Kier alpha value is -1.60. The fourth-order valence-corrected chi connectivity index (χ4v) is 2.09. The number of anilines is 1. The highest BCUT2D eigenvalue weighted by molar-refractivity contribution is 7.08. The number of ether oxygens (including phenoxy) is 2. The van der Waals surface area contributed by atoms with Gasteiger partial charge in [0.05, 0.1) is 31.0 Å². The normalized spacial score (nSPS) is 11.7. The van der Waals surface area contributed by atoms with E-state index >= 15 is 0 Å². The molecule has 6 nitrogen and oxygen atoms in total. The van der Waals surface area contributed by atoms with E-state index in [1.807, 2.05) is 6.92 Å². The van der Waals surface area contributed by atoms with Crippen LogP contribution in [0.15, 0.2) is 10.8 Å². The lowest BCUT2D eigenvalue weighted by Crippen LogP contribution is -2.38. The molecule has 2 N–H and O–H groups in total. The molecule has 0 spiro atoms. The van der Waals surface area contributed by atoms with Crippen molar-refractivity contribution in [1.29, 1.82) is 0 Å². The third-order valence-corrected chi connectivity index (χ3v) is 2.85. The van der Waals surface area contributed by atoms with Gasteiger partial charge in [-0.3, -0.25) is 0 Å². The van der Waals surface area contributed by atoms with Crippen LogP contribution in [0.4, 0.5) is 10.5 Å². The Labute approximate surface area is 109 Å². The smallest absolute Gasteiger partial charge is 0.340 e. The van der Waals surface area contributed by atoms with Crippen molar-refractivity contribution in [3.8, 4) is 0 Å². The summed E-state index contributed by atoms with van der Waals surface area (Å²) in [6, 6.07) is -0.502. The van der Waals surface area contributed by atoms with E-state index in [0.29, 0.717) is 17.9 Å². The summed E-state index contributed by atoms with van der Waals surface area (Å²) in [5.74, 6) is -0.475. The topological polar surface area (TPSA) is 76.7 Å². The molecule has 0 radical (unpaired) electrons. The van der Waals surface area contributed by atoms with Gasteiger partial charge in [-0.1, -0.05) is 0 Å². The number of methoxy groups -OCH3 is 2. The molecule has 0 fully saturated rings. The van der Waals surface area contributed by atoms with Crippen LogP contribution < -0.4 is 10.6 Å². The molecule has 1 heterocycles. The quantitative estimate of drug-likeness (QED) is 0.800. The number of carbonyl (C=O) groups excluding carboxylic acids is 2. The zero-order valence-electron chi connectivity index (χ0n) is 10.5. The summed E-state index contributed by atoms with van der Waals surface area (Å²) in [5.41, 5.74) is 0.783. The van der Waals surface area contributed by atoms with E-state index in [2.05, 4.69) is 15.4 Å². The van der Waals surface area contributed by atoms with Gasteiger partial charge >= 0.3 is 12.0 Å². The van der Waals surface area contributed by atoms with Crippen molar-refractivity contribution in [2.24, 2.45) is 0 Å². The zero-order valence-corrected chi connectivity index (χ0v) is 11.3. The summed E-state index contributed by atoms with van der Waals surface area (Å²) < 4.78 is 9.52. The Kier molecular flexibility index (Phi) is 5.60. The van der Waals surface area contributed by atoms with Gasteiger partial charge in [-0.2, -0.15) is 0 Å². The van der Waals surface area contributed by atoms with Crippen molar-refractivity contribution in [2.45, 2.75) is 13.0 Å². The summed E-state index contributed by atoms with van der Waals surface area (Å²) in [6.45, 7) is 2.23. The lowest BCUT2D eigenvalue weighted by Gasteiger charge is -2.13. The number of urea groups is 1. The Balaban J connectivity index is 2.59. The summed E-state index contributed by atoms with van der Waals surface area (Å²) >= 11 is 1.31. The number of esters is 1. The SMILES string of the molecule is COC[C@@H](C)NC(=O)Nc1cscc1C(=O)OC. The van der Waals surface area contributed by atoms with E-state index in [-0.39, 0.29) is 12.1 Å². The van der Waals surface area contributed by atoms with Gasteiger partial charge in [0.15, 0.2) is 0 Å². The average Bonchev–Trinajstić information content (AvgIpc) is 2.76. The Morgan fingerprint density at radius 2 is 2.11 bits per heavy atom. The van der Waals surface area contributed by atoms with Crippen molar-refractivity contribution in [1.82, 2.24) is 5.32 Å². The van der Waals surface area contributed by atoms with Crippen molar-refractivity contribution < 1.29 is 19.1 Å². The van der Waals surface area contributed by atoms with Gasteiger partial charge < -0.3 is 20.1 Å². The number of nitrogens with one attached hydrogen (secondary N) is 2. The van der Waals surface area contributed by atoms with E-state index < -0.39 is 5.97 Å². The van der Waals surface area contributed by atoms with Crippen LogP contribution in [-0.4, -0.2) is 38.9 Å². The van der Waals surface area contributed by atoms with Gasteiger partial charge in [-0.25, -0.2) is 9.59 Å². The largest absolute Gasteiger partial charge is 0.465 e. The third kappa shape index (κ3) is 4.01. The molecule has 0 aliphatic heterocycles. The minimum Gasteiger partial charge on any atom is -0.465 e. The number of amides is 2. The average molecular weight is 272 g/mol. The molecule has 100 valence electrons. The molecular formula is C11H16N2O4S. The lowest BCUT2D eigenvalue weighted by atomic mass is 10.3. The molecule has 0 unspecified atom stereocenters. The van der Waals surface area contributed by atoms with Gasteiger partial charge in [0.25, 0.3) is 0 Å². The summed E-state index contributed by atoms with van der Waals surface area (Å²) in [4.78, 5) is 23.0. The molecule has 0 aromatic carbocycles. The van der Waals surface area contributed by atoms with Crippen LogP contribution in [0.25, 0.3) is 0 Å².